The number of carbonyl (C=O) groups excluding carboxylic acids is 2. The van der Waals surface area contributed by atoms with Crippen LogP contribution in [0.3, 0.4) is 0 Å². The lowest BCUT2D eigenvalue weighted by Crippen LogP contribution is -2.48. The molecule has 0 spiro atoms. The highest BCUT2D eigenvalue weighted by Crippen LogP contribution is 2.44. The van der Waals surface area contributed by atoms with E-state index in [9.17, 15) is 14.4 Å². The average Bonchev–Trinajstić information content (AvgIpc) is 3.44. The van der Waals surface area contributed by atoms with E-state index in [1.807, 2.05) is 36.4 Å². The third kappa shape index (κ3) is 5.12. The fourth-order valence-electron chi connectivity index (χ4n) is 4.54. The minimum atomic E-state index is -0.907. The number of nitrogens with one attached hydrogen (secondary N) is 2. The van der Waals surface area contributed by atoms with E-state index in [0.29, 0.717) is 6.42 Å². The lowest BCUT2D eigenvalue weighted by atomic mass is 9.98. The fraction of sp³-hybridized carbons (Fsp3) is 0.346. The van der Waals surface area contributed by atoms with Gasteiger partial charge in [-0.3, -0.25) is 9.59 Å². The second kappa shape index (κ2) is 10.5. The van der Waals surface area contributed by atoms with Crippen molar-refractivity contribution in [1.29, 1.82) is 0 Å². The maximum Gasteiger partial charge on any atom is 0.407 e. The SMILES string of the molecule is C=CCC(NC(=O)OCC1c2ccccc2-c2ccccc21)C(=O)NC[C@@H]1C[C@H](C(=O)O)CO1. The highest BCUT2D eigenvalue weighted by Gasteiger charge is 2.32. The first kappa shape index (κ1) is 23.5. The Hall–Kier alpha value is -3.65. The lowest BCUT2D eigenvalue weighted by molar-refractivity contribution is -0.141. The first-order chi connectivity index (χ1) is 16.5. The molecule has 2 aromatic carbocycles. The Kier molecular flexibility index (Phi) is 7.27. The van der Waals surface area contributed by atoms with Gasteiger partial charge in [0.25, 0.3) is 0 Å². The van der Waals surface area contributed by atoms with Crippen molar-refractivity contribution in [1.82, 2.24) is 10.6 Å². The van der Waals surface area contributed by atoms with E-state index in [1.54, 1.807) is 6.08 Å². The van der Waals surface area contributed by atoms with Crippen molar-refractivity contribution < 1.29 is 29.0 Å². The summed E-state index contributed by atoms with van der Waals surface area (Å²) in [7, 11) is 0. The molecule has 0 bridgehead atoms. The van der Waals surface area contributed by atoms with Gasteiger partial charge in [-0.05, 0) is 35.1 Å². The molecule has 1 fully saturated rings. The van der Waals surface area contributed by atoms with Crippen molar-refractivity contribution in [3.8, 4) is 11.1 Å². The van der Waals surface area contributed by atoms with Crippen LogP contribution in [0.15, 0.2) is 61.2 Å². The third-order valence-electron chi connectivity index (χ3n) is 6.29. The van der Waals surface area contributed by atoms with Crippen molar-refractivity contribution in [2.24, 2.45) is 5.92 Å². The zero-order chi connectivity index (χ0) is 24.1. The van der Waals surface area contributed by atoms with E-state index in [-0.39, 0.29) is 38.2 Å². The summed E-state index contributed by atoms with van der Waals surface area (Å²) in [4.78, 5) is 36.2. The molecule has 8 nitrogen and oxygen atoms in total. The van der Waals surface area contributed by atoms with Crippen molar-refractivity contribution in [3.63, 3.8) is 0 Å². The molecule has 0 saturated carbocycles. The summed E-state index contributed by atoms with van der Waals surface area (Å²) >= 11 is 0. The number of hydrogen-bond donors (Lipinski definition) is 3. The molecule has 2 amide bonds. The summed E-state index contributed by atoms with van der Waals surface area (Å²) in [6.07, 6.45) is 1.04. The summed E-state index contributed by atoms with van der Waals surface area (Å²) < 4.78 is 11.0. The van der Waals surface area contributed by atoms with Gasteiger partial charge in [0.1, 0.15) is 12.6 Å². The minimum absolute atomic E-state index is 0.0773. The molecule has 4 rings (SSSR count). The zero-order valence-corrected chi connectivity index (χ0v) is 18.7. The molecule has 0 aromatic heterocycles. The fourth-order valence-corrected chi connectivity index (χ4v) is 4.54. The first-order valence-electron chi connectivity index (χ1n) is 11.3. The molecule has 0 radical (unpaired) electrons. The predicted octanol–water partition coefficient (Wildman–Crippen LogP) is 3.08. The smallest absolute Gasteiger partial charge is 0.407 e. The number of carboxylic acid groups (broad SMARTS) is 1. The Morgan fingerprint density at radius 1 is 1.12 bits per heavy atom. The Morgan fingerprint density at radius 2 is 1.76 bits per heavy atom. The molecule has 2 aromatic rings. The zero-order valence-electron chi connectivity index (χ0n) is 18.7. The monoisotopic (exact) mass is 464 g/mol. The normalized spacial score (nSPS) is 19.5. The van der Waals surface area contributed by atoms with Gasteiger partial charge < -0.3 is 25.2 Å². The highest BCUT2D eigenvalue weighted by molar-refractivity contribution is 5.86. The van der Waals surface area contributed by atoms with Crippen LogP contribution in [0.5, 0.6) is 0 Å². The summed E-state index contributed by atoms with van der Waals surface area (Å²) in [6, 6.07) is 15.3. The van der Waals surface area contributed by atoms with Crippen molar-refractivity contribution >= 4 is 18.0 Å². The third-order valence-corrected chi connectivity index (χ3v) is 6.29. The number of carbonyl (C=O) groups is 3. The molecule has 1 aliphatic carbocycles. The van der Waals surface area contributed by atoms with E-state index < -0.39 is 29.9 Å². The average molecular weight is 465 g/mol. The minimum Gasteiger partial charge on any atom is -0.481 e. The molecule has 2 aliphatic rings. The number of aliphatic carboxylic acids is 1. The highest BCUT2D eigenvalue weighted by atomic mass is 16.5. The Morgan fingerprint density at radius 3 is 2.35 bits per heavy atom. The molecule has 3 N–H and O–H groups in total. The van der Waals surface area contributed by atoms with Gasteiger partial charge in [-0.15, -0.1) is 6.58 Å². The van der Waals surface area contributed by atoms with Gasteiger partial charge in [0.2, 0.25) is 5.91 Å². The van der Waals surface area contributed by atoms with E-state index in [2.05, 4.69) is 29.3 Å². The Bertz CT molecular complexity index is 1040. The van der Waals surface area contributed by atoms with E-state index in [4.69, 9.17) is 14.6 Å². The van der Waals surface area contributed by atoms with Gasteiger partial charge in [0, 0.05) is 12.5 Å². The molecule has 8 heteroatoms. The number of alkyl carbamates (subject to hydrolysis) is 1. The number of ether oxygens (including phenoxy) is 2. The summed E-state index contributed by atoms with van der Waals surface area (Å²) in [5.41, 5.74) is 4.48. The molecule has 34 heavy (non-hydrogen) atoms. The van der Waals surface area contributed by atoms with Crippen LogP contribution in [0.25, 0.3) is 11.1 Å². The van der Waals surface area contributed by atoms with E-state index in [1.165, 1.54) is 0 Å². The molecule has 1 saturated heterocycles. The number of rotatable bonds is 9. The number of benzene rings is 2. The quantitative estimate of drug-likeness (QED) is 0.492. The van der Waals surface area contributed by atoms with Crippen molar-refractivity contribution in [2.45, 2.75) is 30.9 Å². The van der Waals surface area contributed by atoms with Crippen LogP contribution >= 0.6 is 0 Å². The number of fused-ring (bicyclic) bond motifs is 3. The van der Waals surface area contributed by atoms with Gasteiger partial charge >= 0.3 is 12.1 Å². The molecule has 1 unspecified atom stereocenters. The summed E-state index contributed by atoms with van der Waals surface area (Å²) in [5, 5.41) is 14.4. The van der Waals surface area contributed by atoms with Crippen molar-refractivity contribution in [3.05, 3.63) is 72.3 Å². The van der Waals surface area contributed by atoms with Crippen molar-refractivity contribution in [2.75, 3.05) is 19.8 Å². The van der Waals surface area contributed by atoms with Crippen LogP contribution in [-0.2, 0) is 19.1 Å². The molecule has 178 valence electrons. The summed E-state index contributed by atoms with van der Waals surface area (Å²) in [6.45, 7) is 4.10. The second-order valence-corrected chi connectivity index (χ2v) is 8.52. The van der Waals surface area contributed by atoms with Crippen LogP contribution in [0, 0.1) is 5.92 Å². The topological polar surface area (TPSA) is 114 Å². The number of hydrogen-bond acceptors (Lipinski definition) is 5. The predicted molar refractivity (Wildman–Crippen MR) is 125 cm³/mol. The first-order valence-corrected chi connectivity index (χ1v) is 11.3. The molecule has 1 aliphatic heterocycles. The number of carboxylic acids is 1. The molecule has 3 atom stereocenters. The van der Waals surface area contributed by atoms with Gasteiger partial charge in [0.05, 0.1) is 18.6 Å². The molecule has 1 heterocycles. The van der Waals surface area contributed by atoms with Crippen LogP contribution in [0.4, 0.5) is 4.79 Å². The van der Waals surface area contributed by atoms with Gasteiger partial charge in [0.15, 0.2) is 0 Å². The number of amides is 2. The standard InChI is InChI=1S/C26H28N2O6/c1-2-7-23(24(29)27-13-17-12-16(14-33-17)25(30)31)28-26(32)34-15-22-20-10-5-3-8-18(20)19-9-4-6-11-21(19)22/h2-6,8-11,16-17,22-23H,1,7,12-15H2,(H,27,29)(H,28,32)(H,30,31)/t16-,17-,23?/m0/s1. The van der Waals surface area contributed by atoms with Crippen LogP contribution < -0.4 is 10.6 Å². The van der Waals surface area contributed by atoms with Crippen LogP contribution in [-0.4, -0.2) is 55.0 Å². The molecular formula is C26H28N2O6. The Labute approximate surface area is 198 Å². The van der Waals surface area contributed by atoms with Crippen LogP contribution in [0.2, 0.25) is 0 Å². The van der Waals surface area contributed by atoms with Crippen LogP contribution in [0.1, 0.15) is 29.9 Å². The van der Waals surface area contributed by atoms with Gasteiger partial charge in [-0.2, -0.15) is 0 Å². The summed E-state index contributed by atoms with van der Waals surface area (Å²) in [5.74, 6) is -1.96. The van der Waals surface area contributed by atoms with Gasteiger partial charge in [-0.25, -0.2) is 4.79 Å². The maximum absolute atomic E-state index is 12.6. The Balaban J connectivity index is 1.31. The largest absolute Gasteiger partial charge is 0.481 e. The van der Waals surface area contributed by atoms with Gasteiger partial charge in [-0.1, -0.05) is 54.6 Å². The van der Waals surface area contributed by atoms with E-state index >= 15 is 0 Å². The maximum atomic E-state index is 12.6. The van der Waals surface area contributed by atoms with E-state index in [0.717, 1.165) is 22.3 Å². The lowest BCUT2D eigenvalue weighted by Gasteiger charge is -2.19. The second-order valence-electron chi connectivity index (χ2n) is 8.52. The molecular weight excluding hydrogens is 436 g/mol.